The van der Waals surface area contributed by atoms with Gasteiger partial charge in [-0.15, -0.1) is 0 Å². The molecule has 1 rings (SSSR count). The van der Waals surface area contributed by atoms with Gasteiger partial charge in [0.2, 0.25) is 0 Å². The average Bonchev–Trinajstić information content (AvgIpc) is 2.25. The smallest absolute Gasteiger partial charge is 0.253 e. The molecule has 16 heavy (non-hydrogen) atoms. The predicted octanol–water partition coefficient (Wildman–Crippen LogP) is 1.00. The summed E-state index contributed by atoms with van der Waals surface area (Å²) in [5.41, 5.74) is 0.589. The van der Waals surface area contributed by atoms with E-state index >= 15 is 0 Å². The van der Waals surface area contributed by atoms with E-state index in [1.54, 1.807) is 38.8 Å². The number of hydrogen-bond acceptors (Lipinski definition) is 3. The first-order valence-corrected chi connectivity index (χ1v) is 4.89. The molecule has 0 aliphatic carbocycles. The van der Waals surface area contributed by atoms with Gasteiger partial charge < -0.3 is 9.80 Å². The molecule has 0 atom stereocenters. The SMILES string of the molecule is CN(C)C=Nc1cc(C(=O)N(C)C)ccn1. The first-order chi connectivity index (χ1) is 7.50. The first-order valence-electron chi connectivity index (χ1n) is 4.89. The highest BCUT2D eigenvalue weighted by atomic mass is 16.2. The van der Waals surface area contributed by atoms with Gasteiger partial charge in [0.25, 0.3) is 5.91 Å². The largest absolute Gasteiger partial charge is 0.369 e. The van der Waals surface area contributed by atoms with Crippen molar-refractivity contribution >= 4 is 18.1 Å². The van der Waals surface area contributed by atoms with E-state index in [1.165, 1.54) is 4.90 Å². The molecule has 5 nitrogen and oxygen atoms in total. The molecule has 0 saturated heterocycles. The zero-order valence-corrected chi connectivity index (χ0v) is 10.0. The van der Waals surface area contributed by atoms with Gasteiger partial charge in [0.1, 0.15) is 0 Å². The molecule has 5 heteroatoms. The van der Waals surface area contributed by atoms with E-state index < -0.39 is 0 Å². The second-order valence-electron chi connectivity index (χ2n) is 3.81. The summed E-state index contributed by atoms with van der Waals surface area (Å²) in [6.07, 6.45) is 3.23. The Balaban J connectivity index is 2.91. The fourth-order valence-corrected chi connectivity index (χ4v) is 1.05. The third kappa shape index (κ3) is 3.34. The maximum Gasteiger partial charge on any atom is 0.253 e. The molecule has 1 amide bonds. The lowest BCUT2D eigenvalue weighted by Crippen LogP contribution is -2.21. The number of amides is 1. The van der Waals surface area contributed by atoms with E-state index in [1.807, 2.05) is 19.0 Å². The Bertz CT molecular complexity index is 399. The molecule has 0 saturated carbocycles. The van der Waals surface area contributed by atoms with Gasteiger partial charge in [-0.05, 0) is 12.1 Å². The predicted molar refractivity (Wildman–Crippen MR) is 64.1 cm³/mol. The second-order valence-corrected chi connectivity index (χ2v) is 3.81. The van der Waals surface area contributed by atoms with Crippen molar-refractivity contribution in [3.8, 4) is 0 Å². The summed E-state index contributed by atoms with van der Waals surface area (Å²) in [6, 6.07) is 3.35. The molecular weight excluding hydrogens is 204 g/mol. The topological polar surface area (TPSA) is 48.8 Å². The highest BCUT2D eigenvalue weighted by Crippen LogP contribution is 2.10. The molecule has 1 aromatic rings. The monoisotopic (exact) mass is 220 g/mol. The van der Waals surface area contributed by atoms with E-state index in [-0.39, 0.29) is 5.91 Å². The fourth-order valence-electron chi connectivity index (χ4n) is 1.05. The van der Waals surface area contributed by atoms with Crippen LogP contribution < -0.4 is 0 Å². The summed E-state index contributed by atoms with van der Waals surface area (Å²) in [6.45, 7) is 0. The van der Waals surface area contributed by atoms with Crippen LogP contribution >= 0.6 is 0 Å². The molecule has 0 aliphatic rings. The summed E-state index contributed by atoms with van der Waals surface area (Å²) < 4.78 is 0. The van der Waals surface area contributed by atoms with E-state index in [0.29, 0.717) is 11.4 Å². The van der Waals surface area contributed by atoms with Crippen LogP contribution in [0.5, 0.6) is 0 Å². The number of carbonyl (C=O) groups is 1. The van der Waals surface area contributed by atoms with Crippen molar-refractivity contribution in [3.05, 3.63) is 23.9 Å². The summed E-state index contributed by atoms with van der Waals surface area (Å²) in [5, 5.41) is 0. The number of aromatic nitrogens is 1. The Kier molecular flexibility index (Phi) is 3.99. The highest BCUT2D eigenvalue weighted by molar-refractivity contribution is 5.94. The number of pyridine rings is 1. The van der Waals surface area contributed by atoms with Gasteiger partial charge in [0.15, 0.2) is 5.82 Å². The van der Waals surface area contributed by atoms with Crippen molar-refractivity contribution in [1.29, 1.82) is 0 Å². The fraction of sp³-hybridized carbons (Fsp3) is 0.364. The molecule has 1 heterocycles. The van der Waals surface area contributed by atoms with Gasteiger partial charge in [0, 0.05) is 40.0 Å². The normalized spacial score (nSPS) is 10.5. The summed E-state index contributed by atoms with van der Waals surface area (Å²) >= 11 is 0. The minimum absolute atomic E-state index is 0.0521. The number of hydrogen-bond donors (Lipinski definition) is 0. The zero-order valence-electron chi connectivity index (χ0n) is 10.0. The third-order valence-electron chi connectivity index (χ3n) is 1.82. The van der Waals surface area contributed by atoms with Gasteiger partial charge in [-0.2, -0.15) is 0 Å². The molecule has 0 bridgehead atoms. The van der Waals surface area contributed by atoms with Crippen LogP contribution in [0.25, 0.3) is 0 Å². The first kappa shape index (κ1) is 12.2. The van der Waals surface area contributed by atoms with Crippen LogP contribution in [0, 0.1) is 0 Å². The van der Waals surface area contributed by atoms with E-state index in [0.717, 1.165) is 0 Å². The van der Waals surface area contributed by atoms with Crippen LogP contribution in [0.15, 0.2) is 23.3 Å². The van der Waals surface area contributed by atoms with Crippen LogP contribution in [-0.2, 0) is 0 Å². The van der Waals surface area contributed by atoms with E-state index in [4.69, 9.17) is 0 Å². The minimum atomic E-state index is -0.0521. The summed E-state index contributed by atoms with van der Waals surface area (Å²) in [5.74, 6) is 0.477. The number of rotatable bonds is 3. The number of nitrogens with zero attached hydrogens (tertiary/aromatic N) is 4. The Morgan fingerprint density at radius 2 is 2.06 bits per heavy atom. The Hall–Kier alpha value is -1.91. The van der Waals surface area contributed by atoms with Crippen LogP contribution in [0.3, 0.4) is 0 Å². The van der Waals surface area contributed by atoms with Crippen molar-refractivity contribution in [3.63, 3.8) is 0 Å². The van der Waals surface area contributed by atoms with E-state index in [2.05, 4.69) is 9.98 Å². The van der Waals surface area contributed by atoms with Gasteiger partial charge in [-0.3, -0.25) is 4.79 Å². The minimum Gasteiger partial charge on any atom is -0.369 e. The Labute approximate surface area is 95.4 Å². The molecule has 0 radical (unpaired) electrons. The van der Waals surface area contributed by atoms with Gasteiger partial charge in [-0.1, -0.05) is 0 Å². The lowest BCUT2D eigenvalue weighted by Gasteiger charge is -2.09. The zero-order chi connectivity index (χ0) is 12.1. The van der Waals surface area contributed by atoms with Crippen LogP contribution in [0.2, 0.25) is 0 Å². The molecule has 0 unspecified atom stereocenters. The lowest BCUT2D eigenvalue weighted by atomic mass is 10.2. The molecule has 0 spiro atoms. The molecule has 0 fully saturated rings. The van der Waals surface area contributed by atoms with Crippen molar-refractivity contribution in [2.24, 2.45) is 4.99 Å². The van der Waals surface area contributed by atoms with Crippen molar-refractivity contribution in [1.82, 2.24) is 14.8 Å². The molecule has 0 aliphatic heterocycles. The molecular formula is C11H16N4O. The summed E-state index contributed by atoms with van der Waals surface area (Å²) in [4.78, 5) is 23.2. The quantitative estimate of drug-likeness (QED) is 0.564. The maximum atomic E-state index is 11.7. The number of aliphatic imine (C=N–C) groups is 1. The van der Waals surface area contributed by atoms with Crippen LogP contribution in [-0.4, -0.2) is 55.2 Å². The number of carbonyl (C=O) groups excluding carboxylic acids is 1. The average molecular weight is 220 g/mol. The maximum absolute atomic E-state index is 11.7. The Morgan fingerprint density at radius 1 is 1.38 bits per heavy atom. The van der Waals surface area contributed by atoms with Crippen molar-refractivity contribution < 1.29 is 4.79 Å². The van der Waals surface area contributed by atoms with Crippen LogP contribution in [0.4, 0.5) is 5.82 Å². The van der Waals surface area contributed by atoms with E-state index in [9.17, 15) is 4.79 Å². The third-order valence-corrected chi connectivity index (χ3v) is 1.82. The van der Waals surface area contributed by atoms with Gasteiger partial charge in [-0.25, -0.2) is 9.98 Å². The lowest BCUT2D eigenvalue weighted by molar-refractivity contribution is 0.0827. The van der Waals surface area contributed by atoms with Crippen molar-refractivity contribution in [2.45, 2.75) is 0 Å². The molecule has 0 aromatic carbocycles. The standard InChI is InChI=1S/C11H16N4O/c1-14(2)8-13-10-7-9(5-6-12-10)11(16)15(3)4/h5-8H,1-4H3. The van der Waals surface area contributed by atoms with Gasteiger partial charge >= 0.3 is 0 Å². The van der Waals surface area contributed by atoms with Crippen molar-refractivity contribution in [2.75, 3.05) is 28.2 Å². The van der Waals surface area contributed by atoms with Gasteiger partial charge in [0.05, 0.1) is 6.34 Å². The second kappa shape index (κ2) is 5.25. The molecule has 1 aromatic heterocycles. The molecule has 0 N–H and O–H groups in total. The highest BCUT2D eigenvalue weighted by Gasteiger charge is 2.07. The van der Waals surface area contributed by atoms with Crippen LogP contribution in [0.1, 0.15) is 10.4 Å². The summed E-state index contributed by atoms with van der Waals surface area (Å²) in [7, 11) is 7.17. The Morgan fingerprint density at radius 3 is 2.62 bits per heavy atom. The molecule has 86 valence electrons.